The van der Waals surface area contributed by atoms with Crippen LogP contribution in [0.4, 0.5) is 0 Å². The molecule has 0 aromatic carbocycles. The molecule has 0 saturated heterocycles. The lowest BCUT2D eigenvalue weighted by molar-refractivity contribution is -0.132. The lowest BCUT2D eigenvalue weighted by atomic mass is 9.90. The first-order chi connectivity index (χ1) is 10.8. The highest BCUT2D eigenvalue weighted by atomic mass is 16.5. The Hall–Kier alpha value is -2.41. The van der Waals surface area contributed by atoms with Gasteiger partial charge in [0.15, 0.2) is 0 Å². The Kier molecular flexibility index (Phi) is 23.0. The minimum absolute atomic E-state index is 0.288. The van der Waals surface area contributed by atoms with Crippen LogP contribution >= 0.6 is 0 Å². The highest BCUT2D eigenvalue weighted by Crippen LogP contribution is 2.20. The predicted octanol–water partition coefficient (Wildman–Crippen LogP) is 3.23. The molecular weight excluding hydrogens is 316 g/mol. The zero-order valence-corrected chi connectivity index (χ0v) is 15.1. The van der Waals surface area contributed by atoms with Crippen molar-refractivity contribution in [2.75, 3.05) is 6.61 Å². The van der Waals surface area contributed by atoms with Crippen LogP contribution < -0.4 is 0 Å². The molecule has 140 valence electrons. The molecule has 0 aromatic heterocycles. The minimum Gasteiger partial charge on any atom is -0.478 e. The van der Waals surface area contributed by atoms with Gasteiger partial charge in [-0.1, -0.05) is 40.5 Å². The molecule has 0 radical (unpaired) electrons. The topological polar surface area (TPSA) is 121 Å². The van der Waals surface area contributed by atoms with Crippen molar-refractivity contribution < 1.29 is 34.4 Å². The van der Waals surface area contributed by atoms with Crippen molar-refractivity contribution in [2.45, 2.75) is 40.7 Å². The summed E-state index contributed by atoms with van der Waals surface area (Å²) in [5.74, 6) is -2.94. The summed E-state index contributed by atoms with van der Waals surface area (Å²) in [6.07, 6.45) is 2.86. The van der Waals surface area contributed by atoms with Gasteiger partial charge < -0.3 is 20.1 Å². The second-order valence-corrected chi connectivity index (χ2v) is 5.09. The van der Waals surface area contributed by atoms with Crippen LogP contribution in [-0.4, -0.2) is 45.9 Å². The second-order valence-electron chi connectivity index (χ2n) is 5.09. The summed E-state index contributed by atoms with van der Waals surface area (Å²) in [6, 6.07) is 0. The summed E-state index contributed by atoms with van der Waals surface area (Å²) in [5.41, 5.74) is 0.288. The lowest BCUT2D eigenvalue weighted by Crippen LogP contribution is -2.25. The van der Waals surface area contributed by atoms with Crippen LogP contribution in [0.5, 0.6) is 0 Å². The molecule has 0 heterocycles. The van der Waals surface area contributed by atoms with E-state index in [1.807, 2.05) is 6.92 Å². The molecule has 0 saturated carbocycles. The number of carbonyl (C=O) groups is 3. The highest BCUT2D eigenvalue weighted by Gasteiger charge is 2.19. The van der Waals surface area contributed by atoms with Crippen molar-refractivity contribution in [3.05, 3.63) is 38.0 Å². The Morgan fingerprint density at radius 3 is 1.17 bits per heavy atom. The van der Waals surface area contributed by atoms with E-state index in [2.05, 4.69) is 47.4 Å². The largest absolute Gasteiger partial charge is 0.478 e. The number of aliphatic carboxylic acids is 3. The van der Waals surface area contributed by atoms with E-state index in [4.69, 9.17) is 20.1 Å². The Balaban J connectivity index is -0.000000116. The SMILES string of the molecule is C=CC(=O)O.C=CC(=O)O.C=CC(=O)O.CCOC(C)C(C)(C)C. The molecular formula is C17H30O7. The molecule has 7 nitrogen and oxygen atoms in total. The van der Waals surface area contributed by atoms with Gasteiger partial charge in [-0.15, -0.1) is 0 Å². The molecule has 0 aliphatic rings. The fraction of sp³-hybridized carbons (Fsp3) is 0.471. The fourth-order valence-corrected chi connectivity index (χ4v) is 0.500. The standard InChI is InChI=1S/C8H18O.3C3H4O2/c1-6-9-7(2)8(3,4)5;3*1-2-3(4)5/h7H,6H2,1-5H3;3*2H,1H2,(H,4,5). The monoisotopic (exact) mass is 346 g/mol. The Morgan fingerprint density at radius 1 is 0.917 bits per heavy atom. The van der Waals surface area contributed by atoms with Gasteiger partial charge >= 0.3 is 17.9 Å². The molecule has 0 spiro atoms. The van der Waals surface area contributed by atoms with E-state index in [-0.39, 0.29) is 5.41 Å². The molecule has 0 aliphatic heterocycles. The Labute approximate surface area is 144 Å². The number of hydrogen-bond donors (Lipinski definition) is 3. The van der Waals surface area contributed by atoms with E-state index in [0.29, 0.717) is 6.10 Å². The number of hydrogen-bond acceptors (Lipinski definition) is 4. The number of ether oxygens (including phenoxy) is 1. The third kappa shape index (κ3) is 42.7. The number of carboxylic acid groups (broad SMARTS) is 3. The molecule has 24 heavy (non-hydrogen) atoms. The average molecular weight is 346 g/mol. The average Bonchev–Trinajstić information content (AvgIpc) is 2.48. The van der Waals surface area contributed by atoms with Gasteiger partial charge in [-0.25, -0.2) is 14.4 Å². The molecule has 3 N–H and O–H groups in total. The third-order valence-electron chi connectivity index (χ3n) is 2.16. The van der Waals surface area contributed by atoms with Crippen molar-refractivity contribution >= 4 is 17.9 Å². The van der Waals surface area contributed by atoms with Crippen LogP contribution in [0.2, 0.25) is 0 Å². The van der Waals surface area contributed by atoms with Gasteiger partial charge in [0.1, 0.15) is 0 Å². The van der Waals surface area contributed by atoms with E-state index in [0.717, 1.165) is 24.8 Å². The molecule has 0 fully saturated rings. The second kappa shape index (κ2) is 18.6. The summed E-state index contributed by atoms with van der Waals surface area (Å²) in [6.45, 7) is 20.4. The summed E-state index contributed by atoms with van der Waals surface area (Å²) in [5, 5.41) is 22.8. The van der Waals surface area contributed by atoms with Gasteiger partial charge in [-0.3, -0.25) is 0 Å². The van der Waals surface area contributed by atoms with Gasteiger partial charge in [0.05, 0.1) is 6.10 Å². The van der Waals surface area contributed by atoms with Crippen molar-refractivity contribution in [3.63, 3.8) is 0 Å². The molecule has 0 aromatic rings. The van der Waals surface area contributed by atoms with E-state index in [1.165, 1.54) is 0 Å². The van der Waals surface area contributed by atoms with Gasteiger partial charge in [-0.2, -0.15) is 0 Å². The van der Waals surface area contributed by atoms with Gasteiger partial charge in [-0.05, 0) is 19.3 Å². The normalized spacial score (nSPS) is 9.88. The van der Waals surface area contributed by atoms with E-state index in [9.17, 15) is 14.4 Å². The summed E-state index contributed by atoms with van der Waals surface area (Å²) < 4.78 is 5.41. The first kappa shape index (κ1) is 29.6. The van der Waals surface area contributed by atoms with Crippen molar-refractivity contribution in [3.8, 4) is 0 Å². The van der Waals surface area contributed by atoms with Crippen molar-refractivity contribution in [1.82, 2.24) is 0 Å². The van der Waals surface area contributed by atoms with Crippen LogP contribution in [0.25, 0.3) is 0 Å². The molecule has 0 amide bonds. The van der Waals surface area contributed by atoms with Crippen molar-refractivity contribution in [2.24, 2.45) is 5.41 Å². The van der Waals surface area contributed by atoms with Crippen LogP contribution in [0.1, 0.15) is 34.6 Å². The first-order valence-electron chi connectivity index (χ1n) is 6.97. The predicted molar refractivity (Wildman–Crippen MR) is 94.0 cm³/mol. The molecule has 0 rings (SSSR count). The first-order valence-corrected chi connectivity index (χ1v) is 6.97. The van der Waals surface area contributed by atoms with E-state index in [1.54, 1.807) is 0 Å². The molecule has 0 bridgehead atoms. The maximum atomic E-state index is 9.25. The Morgan fingerprint density at radius 2 is 1.12 bits per heavy atom. The van der Waals surface area contributed by atoms with E-state index >= 15 is 0 Å². The lowest BCUT2D eigenvalue weighted by Gasteiger charge is -2.26. The van der Waals surface area contributed by atoms with Crippen LogP contribution in [0.3, 0.4) is 0 Å². The third-order valence-corrected chi connectivity index (χ3v) is 2.16. The van der Waals surface area contributed by atoms with Gasteiger partial charge in [0, 0.05) is 24.8 Å². The van der Waals surface area contributed by atoms with Gasteiger partial charge in [0.2, 0.25) is 0 Å². The summed E-state index contributed by atoms with van der Waals surface area (Å²) in [7, 11) is 0. The Bertz CT molecular complexity index is 349. The van der Waals surface area contributed by atoms with Crippen LogP contribution in [0, 0.1) is 5.41 Å². The summed E-state index contributed by atoms with van der Waals surface area (Å²) in [4.78, 5) is 27.8. The molecule has 7 heteroatoms. The number of carboxylic acids is 3. The highest BCUT2D eigenvalue weighted by molar-refractivity contribution is 5.79. The number of rotatable bonds is 5. The van der Waals surface area contributed by atoms with Gasteiger partial charge in [0.25, 0.3) is 0 Å². The smallest absolute Gasteiger partial charge is 0.327 e. The molecule has 0 aliphatic carbocycles. The van der Waals surface area contributed by atoms with E-state index < -0.39 is 17.9 Å². The minimum atomic E-state index is -0.981. The fourth-order valence-electron chi connectivity index (χ4n) is 0.500. The zero-order chi connectivity index (χ0) is 20.3. The maximum absolute atomic E-state index is 9.25. The molecule has 1 atom stereocenters. The zero-order valence-electron chi connectivity index (χ0n) is 15.1. The van der Waals surface area contributed by atoms with Crippen LogP contribution in [-0.2, 0) is 19.1 Å². The summed E-state index contributed by atoms with van der Waals surface area (Å²) >= 11 is 0. The molecule has 1 unspecified atom stereocenters. The van der Waals surface area contributed by atoms with Crippen molar-refractivity contribution in [1.29, 1.82) is 0 Å². The maximum Gasteiger partial charge on any atom is 0.327 e. The quantitative estimate of drug-likeness (QED) is 0.653. The van der Waals surface area contributed by atoms with Crippen LogP contribution in [0.15, 0.2) is 38.0 Å².